The molecule has 1 saturated carbocycles. The van der Waals surface area contributed by atoms with Crippen molar-refractivity contribution in [3.63, 3.8) is 0 Å². The number of nitrogens with zero attached hydrogens (tertiary/aromatic N) is 4. The number of hydrogen-bond donors (Lipinski definition) is 1. The van der Waals surface area contributed by atoms with Gasteiger partial charge < -0.3 is 14.2 Å². The van der Waals surface area contributed by atoms with E-state index in [1.807, 2.05) is 0 Å². The van der Waals surface area contributed by atoms with Crippen LogP contribution in [0.15, 0.2) is 33.3 Å². The Labute approximate surface area is 155 Å². The van der Waals surface area contributed by atoms with Gasteiger partial charge in [-0.25, -0.2) is 8.42 Å². The van der Waals surface area contributed by atoms with E-state index < -0.39 is 15.6 Å². The molecule has 1 aliphatic heterocycles. The Bertz CT molecular complexity index is 1100. The predicted molar refractivity (Wildman–Crippen MR) is 93.0 cm³/mol. The molecule has 0 radical (unpaired) electrons. The number of benzene rings is 1. The van der Waals surface area contributed by atoms with Crippen molar-refractivity contribution in [2.45, 2.75) is 36.5 Å². The fraction of sp³-hybridized carbons (Fsp3) is 0.471. The van der Waals surface area contributed by atoms with Gasteiger partial charge in [0.15, 0.2) is 17.0 Å². The van der Waals surface area contributed by atoms with Crippen molar-refractivity contribution in [1.29, 1.82) is 0 Å². The Kier molecular flexibility index (Phi) is 3.65. The van der Waals surface area contributed by atoms with Gasteiger partial charge in [-0.3, -0.25) is 0 Å². The second kappa shape index (κ2) is 5.85. The summed E-state index contributed by atoms with van der Waals surface area (Å²) in [6.07, 6.45) is 2.24. The molecule has 9 nitrogen and oxygen atoms in total. The Morgan fingerprint density at radius 1 is 1.22 bits per heavy atom. The Morgan fingerprint density at radius 3 is 2.85 bits per heavy atom. The molecular weight excluding hydrogens is 372 g/mol. The molecular formula is C17H18N4O5S. The molecule has 1 N–H and O–H groups in total. The molecule has 10 heteroatoms. The van der Waals surface area contributed by atoms with Gasteiger partial charge in [-0.2, -0.15) is 9.29 Å². The SMILES string of the molecule is O=S(=O)(Cc1noc2ccccc12)N1CC[C@](O)(c2nc(C3CC3)no2)C1. The molecule has 0 amide bonds. The topological polar surface area (TPSA) is 123 Å². The first kappa shape index (κ1) is 16.8. The smallest absolute Gasteiger partial charge is 0.260 e. The number of hydrogen-bond acceptors (Lipinski definition) is 8. The molecule has 2 aromatic heterocycles. The summed E-state index contributed by atoms with van der Waals surface area (Å²) >= 11 is 0. The lowest BCUT2D eigenvalue weighted by Crippen LogP contribution is -2.35. The van der Waals surface area contributed by atoms with Crippen LogP contribution in [0.2, 0.25) is 0 Å². The highest BCUT2D eigenvalue weighted by Gasteiger charge is 2.47. The maximum atomic E-state index is 12.9. The predicted octanol–water partition coefficient (Wildman–Crippen LogP) is 1.51. The third kappa shape index (κ3) is 2.93. The molecule has 5 rings (SSSR count). The Morgan fingerprint density at radius 2 is 2.04 bits per heavy atom. The minimum absolute atomic E-state index is 0.0917. The van der Waals surface area contributed by atoms with E-state index in [0.29, 0.717) is 28.4 Å². The van der Waals surface area contributed by atoms with Crippen LogP contribution in [-0.2, 0) is 21.4 Å². The number of para-hydroxylation sites is 1. The highest BCUT2D eigenvalue weighted by atomic mass is 32.2. The van der Waals surface area contributed by atoms with Crippen LogP contribution >= 0.6 is 0 Å². The van der Waals surface area contributed by atoms with E-state index in [2.05, 4.69) is 15.3 Å². The van der Waals surface area contributed by atoms with Gasteiger partial charge in [0, 0.05) is 24.3 Å². The van der Waals surface area contributed by atoms with Crippen molar-refractivity contribution in [2.24, 2.45) is 0 Å². The summed E-state index contributed by atoms with van der Waals surface area (Å²) in [4.78, 5) is 4.28. The van der Waals surface area contributed by atoms with Crippen LogP contribution in [0.1, 0.15) is 42.6 Å². The standard InChI is InChI=1S/C17H18N4O5S/c22-17(16-18-15(20-26-16)11-5-6-11)7-8-21(10-17)27(23,24)9-13-12-3-1-2-4-14(12)25-19-13/h1-4,11,22H,5-10H2/t17-/m1/s1. The molecule has 3 aromatic rings. The molecule has 2 aliphatic rings. The zero-order valence-corrected chi connectivity index (χ0v) is 15.2. The van der Waals surface area contributed by atoms with Crippen molar-refractivity contribution in [3.05, 3.63) is 41.7 Å². The van der Waals surface area contributed by atoms with Gasteiger partial charge in [-0.1, -0.05) is 22.4 Å². The van der Waals surface area contributed by atoms with E-state index in [-0.39, 0.29) is 31.2 Å². The van der Waals surface area contributed by atoms with E-state index in [0.717, 1.165) is 12.8 Å². The summed E-state index contributed by atoms with van der Waals surface area (Å²) in [7, 11) is -3.69. The zero-order chi connectivity index (χ0) is 18.6. The van der Waals surface area contributed by atoms with Gasteiger partial charge in [0.1, 0.15) is 11.4 Å². The van der Waals surface area contributed by atoms with Crippen LogP contribution in [0.3, 0.4) is 0 Å². The van der Waals surface area contributed by atoms with Crippen molar-refractivity contribution < 1.29 is 22.6 Å². The number of rotatable bonds is 5. The normalized spacial score (nSPS) is 24.0. The lowest BCUT2D eigenvalue weighted by molar-refractivity contribution is 0.0194. The summed E-state index contributed by atoms with van der Waals surface area (Å²) in [5.74, 6) is 0.688. The molecule has 0 unspecified atom stereocenters. The van der Waals surface area contributed by atoms with E-state index >= 15 is 0 Å². The summed E-state index contributed by atoms with van der Waals surface area (Å²) in [6, 6.07) is 7.11. The van der Waals surface area contributed by atoms with Gasteiger partial charge in [0.25, 0.3) is 5.89 Å². The monoisotopic (exact) mass is 390 g/mol. The molecule has 2 fully saturated rings. The van der Waals surface area contributed by atoms with Crippen molar-refractivity contribution in [3.8, 4) is 0 Å². The fourth-order valence-corrected chi connectivity index (χ4v) is 4.93. The second-order valence-electron chi connectivity index (χ2n) is 7.23. The lowest BCUT2D eigenvalue weighted by Gasteiger charge is -2.19. The summed E-state index contributed by atoms with van der Waals surface area (Å²) in [6.45, 7) is 0.0627. The second-order valence-corrected chi connectivity index (χ2v) is 9.20. The van der Waals surface area contributed by atoms with Crippen LogP contribution in [0.4, 0.5) is 0 Å². The first-order valence-corrected chi connectivity index (χ1v) is 10.4. The van der Waals surface area contributed by atoms with Crippen LogP contribution in [0.25, 0.3) is 11.0 Å². The first-order valence-electron chi connectivity index (χ1n) is 8.82. The highest BCUT2D eigenvalue weighted by molar-refractivity contribution is 7.88. The van der Waals surface area contributed by atoms with Crippen LogP contribution in [0.5, 0.6) is 0 Å². The van der Waals surface area contributed by atoms with E-state index in [9.17, 15) is 13.5 Å². The summed E-state index contributed by atoms with van der Waals surface area (Å²) in [5, 5.41) is 19.3. The first-order chi connectivity index (χ1) is 12.9. The molecule has 142 valence electrons. The molecule has 3 heterocycles. The van der Waals surface area contributed by atoms with Crippen molar-refractivity contribution >= 4 is 21.0 Å². The minimum atomic E-state index is -3.69. The lowest BCUT2D eigenvalue weighted by atomic mass is 10.0. The van der Waals surface area contributed by atoms with Crippen LogP contribution in [0, 0.1) is 0 Å². The van der Waals surface area contributed by atoms with Crippen molar-refractivity contribution in [1.82, 2.24) is 19.6 Å². The van der Waals surface area contributed by atoms with Crippen LogP contribution < -0.4 is 0 Å². The minimum Gasteiger partial charge on any atom is -0.379 e. The third-order valence-corrected chi connectivity index (χ3v) is 6.90. The third-order valence-electron chi connectivity index (χ3n) is 5.16. The molecule has 0 bridgehead atoms. The van der Waals surface area contributed by atoms with Gasteiger partial charge >= 0.3 is 0 Å². The molecule has 1 aromatic carbocycles. The van der Waals surface area contributed by atoms with E-state index in [1.54, 1.807) is 24.3 Å². The van der Waals surface area contributed by atoms with Crippen LogP contribution in [-0.4, -0.2) is 46.2 Å². The molecule has 1 saturated heterocycles. The van der Waals surface area contributed by atoms with Gasteiger partial charge in [0.2, 0.25) is 10.0 Å². The Balaban J connectivity index is 1.36. The number of aromatic nitrogens is 3. The fourth-order valence-electron chi connectivity index (χ4n) is 3.41. The van der Waals surface area contributed by atoms with Gasteiger partial charge in [-0.05, 0) is 25.0 Å². The molecule has 27 heavy (non-hydrogen) atoms. The number of β-amino-alcohol motifs (C(OH)–C–C–N with tert-alkyl or cyclic N) is 1. The van der Waals surface area contributed by atoms with Gasteiger partial charge in [-0.15, -0.1) is 0 Å². The number of aliphatic hydroxyl groups is 1. The summed E-state index contributed by atoms with van der Waals surface area (Å²) < 4.78 is 37.4. The van der Waals surface area contributed by atoms with Crippen molar-refractivity contribution in [2.75, 3.05) is 13.1 Å². The molecule has 1 aliphatic carbocycles. The average Bonchev–Trinajstić information content (AvgIpc) is 3.07. The maximum Gasteiger partial charge on any atom is 0.260 e. The number of sulfonamides is 1. The number of fused-ring (bicyclic) bond motifs is 1. The van der Waals surface area contributed by atoms with E-state index in [4.69, 9.17) is 9.05 Å². The zero-order valence-electron chi connectivity index (χ0n) is 14.4. The summed E-state index contributed by atoms with van der Waals surface area (Å²) in [5.41, 5.74) is -0.562. The quantitative estimate of drug-likeness (QED) is 0.695. The molecule has 1 atom stereocenters. The largest absolute Gasteiger partial charge is 0.379 e. The van der Waals surface area contributed by atoms with E-state index in [1.165, 1.54) is 4.31 Å². The van der Waals surface area contributed by atoms with Gasteiger partial charge in [0.05, 0.1) is 6.54 Å². The highest BCUT2D eigenvalue weighted by Crippen LogP contribution is 2.40. The Hall–Kier alpha value is -2.30. The molecule has 0 spiro atoms. The average molecular weight is 390 g/mol. The maximum absolute atomic E-state index is 12.9.